The summed E-state index contributed by atoms with van der Waals surface area (Å²) in [6, 6.07) is 7.36. The monoisotopic (exact) mass is 305 g/mol. The van der Waals surface area contributed by atoms with E-state index >= 15 is 0 Å². The van der Waals surface area contributed by atoms with Crippen molar-refractivity contribution in [3.8, 4) is 0 Å². The van der Waals surface area contributed by atoms with E-state index in [2.05, 4.69) is 19.2 Å². The summed E-state index contributed by atoms with van der Waals surface area (Å²) in [7, 11) is 0. The van der Waals surface area contributed by atoms with Crippen molar-refractivity contribution >= 4 is 23.2 Å². The van der Waals surface area contributed by atoms with Gasteiger partial charge < -0.3 is 10.1 Å². The Morgan fingerprint density at radius 1 is 1.38 bits per heavy atom. The van der Waals surface area contributed by atoms with Crippen LogP contribution >= 0.6 is 11.6 Å². The molecule has 1 aromatic carbocycles. The fourth-order valence-corrected chi connectivity index (χ4v) is 5.23. The summed E-state index contributed by atoms with van der Waals surface area (Å²) in [6.07, 6.45) is 3.14. The molecule has 2 aliphatic carbocycles. The summed E-state index contributed by atoms with van der Waals surface area (Å²) >= 11 is 6.16. The Bertz CT molecular complexity index is 633. The molecule has 0 spiro atoms. The number of nitrogens with one attached hydrogen (secondary N) is 1. The fourth-order valence-electron chi connectivity index (χ4n) is 5.04. The number of carbonyl (C=O) groups excluding carboxylic acids is 1. The van der Waals surface area contributed by atoms with Gasteiger partial charge in [-0.2, -0.15) is 0 Å². The highest BCUT2D eigenvalue weighted by Crippen LogP contribution is 2.75. The van der Waals surface area contributed by atoms with Crippen molar-refractivity contribution in [1.82, 2.24) is 0 Å². The maximum atomic E-state index is 13.0. The van der Waals surface area contributed by atoms with Gasteiger partial charge in [-0.25, -0.2) is 0 Å². The van der Waals surface area contributed by atoms with Gasteiger partial charge >= 0.3 is 0 Å². The van der Waals surface area contributed by atoms with E-state index in [1.807, 2.05) is 18.2 Å². The van der Waals surface area contributed by atoms with Gasteiger partial charge in [0.25, 0.3) is 5.91 Å². The van der Waals surface area contributed by atoms with Gasteiger partial charge in [0.1, 0.15) is 0 Å². The molecule has 1 N–H and O–H groups in total. The number of ether oxygens (including phenoxy) is 1. The van der Waals surface area contributed by atoms with E-state index in [0.717, 1.165) is 12.8 Å². The lowest BCUT2D eigenvalue weighted by atomic mass is 9.66. The van der Waals surface area contributed by atoms with Gasteiger partial charge in [-0.3, -0.25) is 4.79 Å². The van der Waals surface area contributed by atoms with Crippen LogP contribution in [-0.2, 0) is 9.53 Å². The third-order valence-electron chi connectivity index (χ3n) is 6.69. The van der Waals surface area contributed by atoms with E-state index in [-0.39, 0.29) is 16.7 Å². The van der Waals surface area contributed by atoms with Crippen LogP contribution in [-0.4, -0.2) is 18.1 Å². The Balaban J connectivity index is 1.68. The highest BCUT2D eigenvalue weighted by Gasteiger charge is 2.78. The molecule has 3 nitrogen and oxygen atoms in total. The van der Waals surface area contributed by atoms with Crippen molar-refractivity contribution in [1.29, 1.82) is 0 Å². The molecule has 1 amide bonds. The standard InChI is InChI=1S/C17H20ClNO2/c1-15-10-21-17(9-11(15)7-8-16(15,17)2)14(20)19-13-6-4-3-5-12(13)18/h3-6,11H,7-10H2,1-2H3,(H,19,20)/t11-,15+,16-,17-/m1/s1. The minimum Gasteiger partial charge on any atom is -0.364 e. The van der Waals surface area contributed by atoms with Crippen LogP contribution in [0.4, 0.5) is 5.69 Å². The second-order valence-electron chi connectivity index (χ2n) is 7.24. The Labute approximate surface area is 130 Å². The predicted molar refractivity (Wildman–Crippen MR) is 82.3 cm³/mol. The molecule has 4 bridgehead atoms. The predicted octanol–water partition coefficient (Wildman–Crippen LogP) is 3.87. The number of halogens is 1. The average molecular weight is 306 g/mol. The van der Waals surface area contributed by atoms with E-state index in [1.54, 1.807) is 6.07 Å². The maximum absolute atomic E-state index is 13.0. The first-order valence-electron chi connectivity index (χ1n) is 7.63. The molecule has 2 saturated carbocycles. The second-order valence-corrected chi connectivity index (χ2v) is 7.65. The molecular formula is C17H20ClNO2. The largest absolute Gasteiger partial charge is 0.364 e. The zero-order chi connectivity index (χ0) is 14.9. The number of hydrogen-bond donors (Lipinski definition) is 1. The van der Waals surface area contributed by atoms with E-state index in [1.165, 1.54) is 6.42 Å². The van der Waals surface area contributed by atoms with E-state index in [0.29, 0.717) is 23.2 Å². The lowest BCUT2D eigenvalue weighted by molar-refractivity contribution is -0.149. The van der Waals surface area contributed by atoms with E-state index < -0.39 is 5.60 Å². The lowest BCUT2D eigenvalue weighted by Crippen LogP contribution is -2.52. The molecule has 21 heavy (non-hydrogen) atoms. The van der Waals surface area contributed by atoms with Gasteiger partial charge in [-0.15, -0.1) is 0 Å². The number of anilines is 1. The molecule has 1 aromatic rings. The molecule has 3 aliphatic rings. The molecule has 112 valence electrons. The van der Waals surface area contributed by atoms with Crippen LogP contribution < -0.4 is 5.32 Å². The van der Waals surface area contributed by atoms with Crippen LogP contribution in [0.2, 0.25) is 5.02 Å². The van der Waals surface area contributed by atoms with Crippen LogP contribution in [0.25, 0.3) is 0 Å². The highest BCUT2D eigenvalue weighted by molar-refractivity contribution is 6.33. The molecule has 4 rings (SSSR count). The SMILES string of the molecule is C[C@]12CC[C@@H]3C[C@]1(C(=O)Nc1ccccc1Cl)OC[C@@]32C. The number of amides is 1. The number of hydrogen-bond acceptors (Lipinski definition) is 2. The fraction of sp³-hybridized carbons (Fsp3) is 0.588. The van der Waals surface area contributed by atoms with Gasteiger partial charge in [0.15, 0.2) is 5.60 Å². The summed E-state index contributed by atoms with van der Waals surface area (Å²) in [4.78, 5) is 13.0. The molecule has 4 heteroatoms. The Kier molecular flexibility index (Phi) is 2.60. The van der Waals surface area contributed by atoms with Crippen molar-refractivity contribution in [2.24, 2.45) is 16.7 Å². The zero-order valence-electron chi connectivity index (χ0n) is 12.4. The van der Waals surface area contributed by atoms with Crippen LogP contribution in [0.5, 0.6) is 0 Å². The summed E-state index contributed by atoms with van der Waals surface area (Å²) in [6.45, 7) is 5.23. The first-order valence-corrected chi connectivity index (χ1v) is 8.01. The summed E-state index contributed by atoms with van der Waals surface area (Å²) in [5.41, 5.74) is 0.0760. The molecule has 0 unspecified atom stereocenters. The topological polar surface area (TPSA) is 38.3 Å². The smallest absolute Gasteiger partial charge is 0.257 e. The van der Waals surface area contributed by atoms with Gasteiger partial charge in [0.05, 0.1) is 17.3 Å². The van der Waals surface area contributed by atoms with Crippen molar-refractivity contribution in [2.45, 2.75) is 38.7 Å². The third-order valence-corrected chi connectivity index (χ3v) is 7.02. The number of para-hydroxylation sites is 1. The average Bonchev–Trinajstić information content (AvgIpc) is 2.93. The van der Waals surface area contributed by atoms with Crippen molar-refractivity contribution in [3.63, 3.8) is 0 Å². The van der Waals surface area contributed by atoms with Crippen LogP contribution in [0.3, 0.4) is 0 Å². The molecule has 4 atom stereocenters. The first kappa shape index (κ1) is 13.6. The van der Waals surface area contributed by atoms with Gasteiger partial charge in [-0.05, 0) is 37.3 Å². The van der Waals surface area contributed by atoms with E-state index in [4.69, 9.17) is 16.3 Å². The molecule has 0 aromatic heterocycles. The molecular weight excluding hydrogens is 286 g/mol. The first-order chi connectivity index (χ1) is 9.93. The third kappa shape index (κ3) is 1.42. The summed E-state index contributed by atoms with van der Waals surface area (Å²) in [5, 5.41) is 3.57. The molecule has 0 radical (unpaired) electrons. The molecule has 1 heterocycles. The number of carbonyl (C=O) groups is 1. The highest BCUT2D eigenvalue weighted by atomic mass is 35.5. The van der Waals surface area contributed by atoms with Crippen LogP contribution in [0.15, 0.2) is 24.3 Å². The lowest BCUT2D eigenvalue weighted by Gasteiger charge is -2.40. The zero-order valence-corrected chi connectivity index (χ0v) is 13.2. The van der Waals surface area contributed by atoms with Crippen LogP contribution in [0.1, 0.15) is 33.1 Å². The summed E-state index contributed by atoms with van der Waals surface area (Å²) in [5.74, 6) is 0.581. The Hall–Kier alpha value is -1.06. The van der Waals surface area contributed by atoms with Crippen molar-refractivity contribution < 1.29 is 9.53 Å². The van der Waals surface area contributed by atoms with E-state index in [9.17, 15) is 4.79 Å². The second kappa shape index (κ2) is 4.02. The van der Waals surface area contributed by atoms with Crippen molar-refractivity contribution in [3.05, 3.63) is 29.3 Å². The summed E-state index contributed by atoms with van der Waals surface area (Å²) < 4.78 is 6.10. The normalized spacial score (nSPS) is 43.3. The maximum Gasteiger partial charge on any atom is 0.257 e. The molecule has 3 fully saturated rings. The van der Waals surface area contributed by atoms with Gasteiger partial charge in [-0.1, -0.05) is 37.6 Å². The Morgan fingerprint density at radius 3 is 2.81 bits per heavy atom. The quantitative estimate of drug-likeness (QED) is 0.900. The number of benzene rings is 1. The minimum absolute atomic E-state index is 0.0241. The minimum atomic E-state index is -0.677. The van der Waals surface area contributed by atoms with Gasteiger partial charge in [0, 0.05) is 10.8 Å². The van der Waals surface area contributed by atoms with Crippen LogP contribution in [0, 0.1) is 16.7 Å². The van der Waals surface area contributed by atoms with Gasteiger partial charge in [0.2, 0.25) is 0 Å². The molecule has 1 saturated heterocycles. The molecule has 1 aliphatic heterocycles. The van der Waals surface area contributed by atoms with Crippen molar-refractivity contribution in [2.75, 3.05) is 11.9 Å². The Morgan fingerprint density at radius 2 is 2.14 bits per heavy atom. The number of rotatable bonds is 2.